The Bertz CT molecular complexity index is 3670. The number of fused-ring (bicyclic) bond motifs is 16. The van der Waals surface area contributed by atoms with Crippen LogP contribution in [0.5, 0.6) is 0 Å². The lowest BCUT2D eigenvalue weighted by Crippen LogP contribution is -2.30. The van der Waals surface area contributed by atoms with Gasteiger partial charge in [0.05, 0.1) is 5.41 Å². The van der Waals surface area contributed by atoms with Crippen molar-refractivity contribution in [3.63, 3.8) is 0 Å². The van der Waals surface area contributed by atoms with Crippen molar-refractivity contribution in [1.29, 1.82) is 0 Å². The van der Waals surface area contributed by atoms with Crippen LogP contribution in [0.15, 0.2) is 222 Å². The molecule has 0 N–H and O–H groups in total. The van der Waals surface area contributed by atoms with E-state index in [0.29, 0.717) is 0 Å². The minimum atomic E-state index is -0.491. The SMILES string of the molecule is CC1(C)c2ccccc2-c2ccc(N(C3=CCC4C(=C3)c3ccccc3-c3ccccc34)c3ccc4c(c3)-c3c(ccc5c3oc3ccccc35)C4(C3=CC=CCC3)c3ccccc3)cc21. The molecule has 314 valence electrons. The Balaban J connectivity index is 1.04. The summed E-state index contributed by atoms with van der Waals surface area (Å²) in [6.07, 6.45) is 14.9. The number of anilines is 2. The highest BCUT2D eigenvalue weighted by Gasteiger charge is 2.49. The van der Waals surface area contributed by atoms with Crippen LogP contribution < -0.4 is 4.90 Å². The van der Waals surface area contributed by atoms with Gasteiger partial charge in [-0.15, -0.1) is 0 Å². The normalized spacial score (nSPS) is 19.1. The number of hydrogen-bond acceptors (Lipinski definition) is 2. The first kappa shape index (κ1) is 37.7. The Labute approximate surface area is 386 Å². The molecular formula is C64H47NO. The van der Waals surface area contributed by atoms with Crippen LogP contribution in [0.2, 0.25) is 0 Å². The first-order valence-corrected chi connectivity index (χ1v) is 23.7. The van der Waals surface area contributed by atoms with Crippen LogP contribution in [0, 0.1) is 0 Å². The number of benzene rings is 8. The summed E-state index contributed by atoms with van der Waals surface area (Å²) in [4.78, 5) is 2.55. The number of hydrogen-bond donors (Lipinski definition) is 0. The predicted molar refractivity (Wildman–Crippen MR) is 273 cm³/mol. The second-order valence-corrected chi connectivity index (χ2v) is 19.4. The van der Waals surface area contributed by atoms with E-state index in [0.717, 1.165) is 52.6 Å². The Morgan fingerprint density at radius 2 is 1.27 bits per heavy atom. The van der Waals surface area contributed by atoms with Gasteiger partial charge in [0, 0.05) is 44.7 Å². The van der Waals surface area contributed by atoms with Crippen molar-refractivity contribution in [1.82, 2.24) is 0 Å². The Morgan fingerprint density at radius 1 is 0.561 bits per heavy atom. The van der Waals surface area contributed by atoms with Gasteiger partial charge in [-0.05, 0) is 128 Å². The molecule has 0 fully saturated rings. The summed E-state index contributed by atoms with van der Waals surface area (Å²) in [6, 6.07) is 66.1. The predicted octanol–water partition coefficient (Wildman–Crippen LogP) is 16.8. The van der Waals surface area contributed by atoms with Crippen molar-refractivity contribution in [2.75, 3.05) is 4.90 Å². The second kappa shape index (κ2) is 13.9. The second-order valence-electron chi connectivity index (χ2n) is 19.4. The minimum Gasteiger partial charge on any atom is -0.455 e. The van der Waals surface area contributed by atoms with Crippen LogP contribution in [0.1, 0.15) is 78.0 Å². The van der Waals surface area contributed by atoms with Crippen LogP contribution in [0.25, 0.3) is 60.9 Å². The third-order valence-corrected chi connectivity index (χ3v) is 15.8. The molecule has 0 saturated heterocycles. The molecule has 5 aliphatic carbocycles. The van der Waals surface area contributed by atoms with Gasteiger partial charge in [-0.25, -0.2) is 0 Å². The highest BCUT2D eigenvalue weighted by atomic mass is 16.3. The molecule has 2 atom stereocenters. The highest BCUT2D eigenvalue weighted by molar-refractivity contribution is 6.12. The molecule has 5 aliphatic rings. The van der Waals surface area contributed by atoms with E-state index in [1.165, 1.54) is 89.2 Å². The van der Waals surface area contributed by atoms with E-state index in [1.807, 2.05) is 0 Å². The fourth-order valence-electron chi connectivity index (χ4n) is 12.9. The smallest absolute Gasteiger partial charge is 0.143 e. The minimum absolute atomic E-state index is 0.147. The van der Waals surface area contributed by atoms with E-state index in [2.05, 4.69) is 225 Å². The number of allylic oxidation sites excluding steroid dienone is 7. The average Bonchev–Trinajstić information content (AvgIpc) is 3.98. The molecule has 2 nitrogen and oxygen atoms in total. The van der Waals surface area contributed by atoms with Gasteiger partial charge in [0.2, 0.25) is 0 Å². The largest absolute Gasteiger partial charge is 0.455 e. The van der Waals surface area contributed by atoms with E-state index >= 15 is 0 Å². The van der Waals surface area contributed by atoms with Crippen molar-refractivity contribution >= 4 is 38.9 Å². The summed E-state index contributed by atoms with van der Waals surface area (Å²) in [5.74, 6) is 0.285. The summed E-state index contributed by atoms with van der Waals surface area (Å²) < 4.78 is 7.03. The Kier molecular flexibility index (Phi) is 7.94. The molecule has 14 rings (SSSR count). The lowest BCUT2D eigenvalue weighted by molar-refractivity contribution is 0.660. The molecule has 0 spiro atoms. The lowest BCUT2D eigenvalue weighted by Gasteiger charge is -2.37. The summed E-state index contributed by atoms with van der Waals surface area (Å²) in [6.45, 7) is 4.77. The van der Waals surface area contributed by atoms with Gasteiger partial charge in [0.15, 0.2) is 0 Å². The van der Waals surface area contributed by atoms with E-state index in [-0.39, 0.29) is 11.3 Å². The maximum atomic E-state index is 7.03. The van der Waals surface area contributed by atoms with E-state index in [4.69, 9.17) is 4.42 Å². The molecule has 0 amide bonds. The first-order chi connectivity index (χ1) is 32.5. The Morgan fingerprint density at radius 3 is 2.14 bits per heavy atom. The maximum Gasteiger partial charge on any atom is 0.143 e. The van der Waals surface area contributed by atoms with Crippen molar-refractivity contribution in [2.45, 2.75) is 49.9 Å². The molecule has 1 heterocycles. The topological polar surface area (TPSA) is 16.4 Å². The lowest BCUT2D eigenvalue weighted by atomic mass is 9.65. The number of nitrogens with zero attached hydrogens (tertiary/aromatic N) is 1. The van der Waals surface area contributed by atoms with Crippen LogP contribution in [-0.4, -0.2) is 0 Å². The number of para-hydroxylation sites is 1. The zero-order valence-electron chi connectivity index (χ0n) is 37.2. The summed E-state index contributed by atoms with van der Waals surface area (Å²) in [5, 5.41) is 2.30. The third kappa shape index (κ3) is 5.07. The fourth-order valence-corrected chi connectivity index (χ4v) is 12.9. The third-order valence-electron chi connectivity index (χ3n) is 15.8. The monoisotopic (exact) mass is 845 g/mol. The van der Waals surface area contributed by atoms with Gasteiger partial charge in [-0.1, -0.05) is 189 Å². The van der Waals surface area contributed by atoms with Crippen molar-refractivity contribution < 1.29 is 4.42 Å². The van der Waals surface area contributed by atoms with Gasteiger partial charge in [-0.2, -0.15) is 0 Å². The van der Waals surface area contributed by atoms with Crippen molar-refractivity contribution in [3.8, 4) is 33.4 Å². The van der Waals surface area contributed by atoms with Gasteiger partial charge in [0.1, 0.15) is 11.2 Å². The van der Waals surface area contributed by atoms with Crippen molar-refractivity contribution in [3.05, 3.63) is 257 Å². The molecule has 2 unspecified atom stereocenters. The number of furan rings is 1. The van der Waals surface area contributed by atoms with Crippen LogP contribution in [0.3, 0.4) is 0 Å². The van der Waals surface area contributed by atoms with Gasteiger partial charge >= 0.3 is 0 Å². The molecule has 0 aliphatic heterocycles. The molecule has 66 heavy (non-hydrogen) atoms. The molecular weight excluding hydrogens is 799 g/mol. The fraction of sp³-hybridized carbons (Fsp3) is 0.125. The van der Waals surface area contributed by atoms with Crippen LogP contribution in [0.4, 0.5) is 11.4 Å². The zero-order valence-corrected chi connectivity index (χ0v) is 37.2. The average molecular weight is 846 g/mol. The molecule has 0 bridgehead atoms. The molecule has 0 radical (unpaired) electrons. The summed E-state index contributed by atoms with van der Waals surface area (Å²) in [7, 11) is 0. The van der Waals surface area contributed by atoms with Crippen molar-refractivity contribution in [2.24, 2.45) is 0 Å². The molecule has 8 aromatic carbocycles. The maximum absolute atomic E-state index is 7.03. The van der Waals surface area contributed by atoms with Crippen LogP contribution >= 0.6 is 0 Å². The molecule has 9 aromatic rings. The first-order valence-electron chi connectivity index (χ1n) is 23.7. The van der Waals surface area contributed by atoms with Gasteiger partial charge in [0.25, 0.3) is 0 Å². The standard InChI is InChI=1S/C64H47NO/c1-63(2)56-27-15-13-25-50(56)51-33-30-44(39-59(51)63)65(42-29-32-49-47-23-10-9-21-45(47)46-22-11-12-24-48(46)54(49)37-42)43-31-35-57-55(38-43)61-58(36-34-53-52-26-14-16-28-60(52)66-62(53)61)64(57,40-17-5-3-6-18-40)41-19-7-4-8-20-41/h3-7,9-19,21-31,33-39,49H,8,20,32H2,1-2H3. The molecule has 1 aromatic heterocycles. The highest BCUT2D eigenvalue weighted by Crippen LogP contribution is 2.61. The summed E-state index contributed by atoms with van der Waals surface area (Å²) in [5.41, 5.74) is 24.6. The van der Waals surface area contributed by atoms with E-state index < -0.39 is 5.41 Å². The van der Waals surface area contributed by atoms with Gasteiger partial charge in [-0.3, -0.25) is 0 Å². The molecule has 2 heteroatoms. The zero-order chi connectivity index (χ0) is 43.7. The van der Waals surface area contributed by atoms with E-state index in [1.54, 1.807) is 0 Å². The summed E-state index contributed by atoms with van der Waals surface area (Å²) >= 11 is 0. The van der Waals surface area contributed by atoms with Gasteiger partial charge < -0.3 is 9.32 Å². The van der Waals surface area contributed by atoms with E-state index in [9.17, 15) is 0 Å². The number of rotatable bonds is 5. The Hall–Kier alpha value is -7.68. The quantitative estimate of drug-likeness (QED) is 0.172. The molecule has 0 saturated carbocycles. The van der Waals surface area contributed by atoms with Crippen LogP contribution in [-0.2, 0) is 10.8 Å².